The molecule has 0 aliphatic carbocycles. The summed E-state index contributed by atoms with van der Waals surface area (Å²) in [7, 11) is 0. The minimum absolute atomic E-state index is 0.00723. The van der Waals surface area contributed by atoms with Crippen LogP contribution < -0.4 is 5.32 Å². The van der Waals surface area contributed by atoms with Gasteiger partial charge in [-0.25, -0.2) is 0 Å². The highest BCUT2D eigenvalue weighted by Crippen LogP contribution is 2.34. The van der Waals surface area contributed by atoms with Gasteiger partial charge in [-0.15, -0.1) is 0 Å². The Morgan fingerprint density at radius 3 is 2.66 bits per heavy atom. The third-order valence-electron chi connectivity index (χ3n) is 5.48. The molecular formula is C23H25N3O3. The Balaban J connectivity index is 1.68. The lowest BCUT2D eigenvalue weighted by atomic mass is 9.96. The van der Waals surface area contributed by atoms with Gasteiger partial charge in [-0.05, 0) is 16.7 Å². The monoisotopic (exact) mass is 391 g/mol. The molecule has 2 amide bonds. The summed E-state index contributed by atoms with van der Waals surface area (Å²) >= 11 is 0. The molecule has 2 aromatic carbocycles. The smallest absolute Gasteiger partial charge is 0.245 e. The van der Waals surface area contributed by atoms with E-state index in [9.17, 15) is 9.59 Å². The average molecular weight is 391 g/mol. The highest BCUT2D eigenvalue weighted by atomic mass is 16.5. The number of hydrogen-bond acceptors (Lipinski definition) is 4. The predicted octanol–water partition coefficient (Wildman–Crippen LogP) is 3.54. The van der Waals surface area contributed by atoms with E-state index in [1.807, 2.05) is 38.1 Å². The highest BCUT2D eigenvalue weighted by molar-refractivity contribution is 5.96. The fourth-order valence-corrected chi connectivity index (χ4v) is 3.97. The zero-order valence-electron chi connectivity index (χ0n) is 16.9. The van der Waals surface area contributed by atoms with E-state index in [-0.39, 0.29) is 17.7 Å². The van der Waals surface area contributed by atoms with E-state index >= 15 is 0 Å². The van der Waals surface area contributed by atoms with Crippen molar-refractivity contribution in [2.75, 3.05) is 6.54 Å². The van der Waals surface area contributed by atoms with Crippen LogP contribution in [-0.2, 0) is 22.6 Å². The number of rotatable bonds is 4. The van der Waals surface area contributed by atoms with E-state index in [1.54, 1.807) is 4.90 Å². The van der Waals surface area contributed by atoms with Crippen molar-refractivity contribution in [1.82, 2.24) is 15.4 Å². The van der Waals surface area contributed by atoms with Crippen molar-refractivity contribution in [3.8, 4) is 11.3 Å². The van der Waals surface area contributed by atoms with Crippen molar-refractivity contribution in [1.29, 1.82) is 0 Å². The molecule has 0 bridgehead atoms. The van der Waals surface area contributed by atoms with Crippen LogP contribution in [0.1, 0.15) is 32.1 Å². The number of nitrogens with one attached hydrogen (secondary N) is 1. The van der Waals surface area contributed by atoms with Gasteiger partial charge in [0, 0.05) is 31.0 Å². The molecule has 1 aromatic heterocycles. The quantitative estimate of drug-likeness (QED) is 0.738. The average Bonchev–Trinajstić information content (AvgIpc) is 3.13. The molecule has 6 nitrogen and oxygen atoms in total. The number of amides is 2. The molecule has 0 unspecified atom stereocenters. The third kappa shape index (κ3) is 3.62. The van der Waals surface area contributed by atoms with Crippen LogP contribution in [-0.4, -0.2) is 34.5 Å². The first-order chi connectivity index (χ1) is 14.0. The van der Waals surface area contributed by atoms with E-state index < -0.39 is 6.04 Å². The van der Waals surface area contributed by atoms with E-state index in [0.717, 1.165) is 33.4 Å². The second kappa shape index (κ2) is 7.70. The molecular weight excluding hydrogens is 366 g/mol. The molecule has 0 saturated carbocycles. The maximum atomic E-state index is 13.1. The van der Waals surface area contributed by atoms with Gasteiger partial charge in [0.2, 0.25) is 11.8 Å². The van der Waals surface area contributed by atoms with Gasteiger partial charge < -0.3 is 14.7 Å². The molecule has 6 heteroatoms. The van der Waals surface area contributed by atoms with E-state index in [1.165, 1.54) is 6.92 Å². The lowest BCUT2D eigenvalue weighted by Gasteiger charge is -2.31. The second-order valence-electron chi connectivity index (χ2n) is 7.89. The predicted molar refractivity (Wildman–Crippen MR) is 111 cm³/mol. The summed E-state index contributed by atoms with van der Waals surface area (Å²) in [5, 5.41) is 9.39. The molecule has 1 atom stereocenters. The molecule has 0 fully saturated rings. The molecule has 4 rings (SSSR count). The SMILES string of the molecule is CC(=O)N[C@H](C(=O)N1CCc2onc(-c3cccc4ccccc34)c2C1)C(C)C. The molecule has 2 heterocycles. The van der Waals surface area contributed by atoms with Crippen LogP contribution in [0.15, 0.2) is 47.0 Å². The number of carbonyl (C=O) groups excluding carboxylic acids is 2. The van der Waals surface area contributed by atoms with Crippen molar-refractivity contribution in [2.45, 2.75) is 39.8 Å². The maximum absolute atomic E-state index is 13.1. The van der Waals surface area contributed by atoms with Crippen LogP contribution in [0.25, 0.3) is 22.0 Å². The normalized spacial score (nSPS) is 14.7. The van der Waals surface area contributed by atoms with Gasteiger partial charge in [-0.1, -0.05) is 61.5 Å². The molecule has 1 aliphatic rings. The van der Waals surface area contributed by atoms with Crippen molar-refractivity contribution in [3.63, 3.8) is 0 Å². The van der Waals surface area contributed by atoms with Gasteiger partial charge in [-0.2, -0.15) is 0 Å². The van der Waals surface area contributed by atoms with Gasteiger partial charge in [0.05, 0.1) is 6.54 Å². The van der Waals surface area contributed by atoms with Crippen LogP contribution >= 0.6 is 0 Å². The zero-order valence-corrected chi connectivity index (χ0v) is 16.9. The Labute approximate surface area is 169 Å². The lowest BCUT2D eigenvalue weighted by molar-refractivity contribution is -0.138. The summed E-state index contributed by atoms with van der Waals surface area (Å²) in [5.74, 6) is 0.576. The molecule has 1 N–H and O–H groups in total. The summed E-state index contributed by atoms with van der Waals surface area (Å²) in [5.41, 5.74) is 2.74. The first-order valence-corrected chi connectivity index (χ1v) is 9.97. The Bertz CT molecular complexity index is 1060. The number of carbonyl (C=O) groups is 2. The first kappa shape index (κ1) is 19.2. The van der Waals surface area contributed by atoms with Crippen LogP contribution in [0, 0.1) is 5.92 Å². The third-order valence-corrected chi connectivity index (χ3v) is 5.48. The van der Waals surface area contributed by atoms with Crippen molar-refractivity contribution < 1.29 is 14.1 Å². The summed E-state index contributed by atoms with van der Waals surface area (Å²) in [4.78, 5) is 26.5. The Morgan fingerprint density at radius 2 is 1.90 bits per heavy atom. The van der Waals surface area contributed by atoms with Crippen molar-refractivity contribution in [3.05, 3.63) is 53.8 Å². The van der Waals surface area contributed by atoms with Gasteiger partial charge in [-0.3, -0.25) is 9.59 Å². The summed E-state index contributed by atoms with van der Waals surface area (Å²) in [6.07, 6.45) is 0.615. The Hall–Kier alpha value is -3.15. The zero-order chi connectivity index (χ0) is 20.5. The molecule has 1 aliphatic heterocycles. The summed E-state index contributed by atoms with van der Waals surface area (Å²) in [6, 6.07) is 13.8. The molecule has 0 radical (unpaired) electrons. The largest absolute Gasteiger partial charge is 0.360 e. The van der Waals surface area contributed by atoms with Gasteiger partial charge in [0.15, 0.2) is 0 Å². The van der Waals surface area contributed by atoms with Gasteiger partial charge in [0.1, 0.15) is 17.5 Å². The highest BCUT2D eigenvalue weighted by Gasteiger charge is 2.33. The number of fused-ring (bicyclic) bond motifs is 2. The molecule has 3 aromatic rings. The van der Waals surface area contributed by atoms with Crippen molar-refractivity contribution in [2.24, 2.45) is 5.92 Å². The maximum Gasteiger partial charge on any atom is 0.245 e. The summed E-state index contributed by atoms with van der Waals surface area (Å²) in [6.45, 7) is 6.30. The molecule has 0 saturated heterocycles. The van der Waals surface area contributed by atoms with Gasteiger partial charge in [0.25, 0.3) is 0 Å². The lowest BCUT2D eigenvalue weighted by Crippen LogP contribution is -2.51. The standard InChI is InChI=1S/C23H25N3O3/c1-14(2)21(24-15(3)27)23(28)26-12-11-20-19(13-26)22(25-29-20)18-10-6-8-16-7-4-5-9-17(16)18/h4-10,14,21H,11-13H2,1-3H3,(H,24,27)/t21-/m0/s1. The molecule has 29 heavy (non-hydrogen) atoms. The van der Waals surface area contributed by atoms with Crippen LogP contribution in [0.4, 0.5) is 0 Å². The Morgan fingerprint density at radius 1 is 1.14 bits per heavy atom. The van der Waals surface area contributed by atoms with Crippen LogP contribution in [0.5, 0.6) is 0 Å². The van der Waals surface area contributed by atoms with Crippen molar-refractivity contribution >= 4 is 22.6 Å². The van der Waals surface area contributed by atoms with Gasteiger partial charge >= 0.3 is 0 Å². The van der Waals surface area contributed by atoms with E-state index in [4.69, 9.17) is 4.52 Å². The number of hydrogen-bond donors (Lipinski definition) is 1. The number of aromatic nitrogens is 1. The summed E-state index contributed by atoms with van der Waals surface area (Å²) < 4.78 is 5.63. The second-order valence-corrected chi connectivity index (χ2v) is 7.89. The molecule has 0 spiro atoms. The number of benzene rings is 2. The van der Waals surface area contributed by atoms with Crippen LogP contribution in [0.3, 0.4) is 0 Å². The minimum Gasteiger partial charge on any atom is -0.360 e. The number of nitrogens with zero attached hydrogens (tertiary/aromatic N) is 2. The fraction of sp³-hybridized carbons (Fsp3) is 0.348. The topological polar surface area (TPSA) is 75.4 Å². The first-order valence-electron chi connectivity index (χ1n) is 9.97. The minimum atomic E-state index is -0.532. The van der Waals surface area contributed by atoms with E-state index in [2.05, 4.69) is 28.7 Å². The Kier molecular flexibility index (Phi) is 5.09. The molecule has 150 valence electrons. The fourth-order valence-electron chi connectivity index (χ4n) is 3.97. The van der Waals surface area contributed by atoms with E-state index in [0.29, 0.717) is 19.5 Å². The van der Waals surface area contributed by atoms with Crippen LogP contribution in [0.2, 0.25) is 0 Å².